The van der Waals surface area contributed by atoms with Crippen LogP contribution in [0.2, 0.25) is 0 Å². The minimum absolute atomic E-state index is 0.119. The Labute approximate surface area is 101 Å². The number of nitrogens with zero attached hydrogens (tertiary/aromatic N) is 1. The van der Waals surface area contributed by atoms with Crippen LogP contribution in [-0.4, -0.2) is 24.9 Å². The van der Waals surface area contributed by atoms with E-state index >= 15 is 0 Å². The number of hydrogen-bond donors (Lipinski definition) is 1. The van der Waals surface area contributed by atoms with Gasteiger partial charge in [-0.2, -0.15) is 0 Å². The molecule has 3 nitrogen and oxygen atoms in total. The first-order valence-electron chi connectivity index (χ1n) is 5.21. The molecule has 0 saturated carbocycles. The van der Waals surface area contributed by atoms with E-state index in [1.165, 1.54) is 5.56 Å². The summed E-state index contributed by atoms with van der Waals surface area (Å²) in [4.78, 5) is 4.31. The normalized spacial score (nSPS) is 13.8. The summed E-state index contributed by atoms with van der Waals surface area (Å²) in [6, 6.07) is 10.3. The fourth-order valence-corrected chi connectivity index (χ4v) is 2.03. The highest BCUT2D eigenvalue weighted by Crippen LogP contribution is 2.12. The van der Waals surface area contributed by atoms with Gasteiger partial charge in [0.05, 0.1) is 12.6 Å². The monoisotopic (exact) mass is 238 g/mol. The Bertz CT molecular complexity index is 327. The highest BCUT2D eigenvalue weighted by molar-refractivity contribution is 8.13. The van der Waals surface area contributed by atoms with Crippen LogP contribution in [0.25, 0.3) is 0 Å². The Kier molecular flexibility index (Phi) is 5.96. The Morgan fingerprint density at radius 1 is 1.44 bits per heavy atom. The van der Waals surface area contributed by atoms with Crippen molar-refractivity contribution >= 4 is 16.9 Å². The van der Waals surface area contributed by atoms with E-state index in [1.807, 2.05) is 25.1 Å². The summed E-state index contributed by atoms with van der Waals surface area (Å²) >= 11 is 1.56. The molecular weight excluding hydrogens is 220 g/mol. The van der Waals surface area contributed by atoms with Crippen molar-refractivity contribution in [2.75, 3.05) is 13.7 Å². The van der Waals surface area contributed by atoms with Gasteiger partial charge in [0, 0.05) is 12.9 Å². The molecule has 0 fully saturated rings. The number of benzene rings is 1. The second-order valence-electron chi connectivity index (χ2n) is 3.55. The summed E-state index contributed by atoms with van der Waals surface area (Å²) in [5.41, 5.74) is 7.06. The van der Waals surface area contributed by atoms with E-state index in [0.717, 1.165) is 5.75 Å². The van der Waals surface area contributed by atoms with E-state index in [9.17, 15) is 0 Å². The number of rotatable bonds is 5. The first-order chi connectivity index (χ1) is 7.72. The molecule has 1 rings (SSSR count). The van der Waals surface area contributed by atoms with Crippen LogP contribution in [0.15, 0.2) is 35.3 Å². The molecule has 0 bridgehead atoms. The maximum Gasteiger partial charge on any atom is 0.154 e. The molecule has 1 aromatic carbocycles. The van der Waals surface area contributed by atoms with Crippen molar-refractivity contribution in [3.05, 3.63) is 35.9 Å². The van der Waals surface area contributed by atoms with Gasteiger partial charge in [0.2, 0.25) is 0 Å². The van der Waals surface area contributed by atoms with Crippen molar-refractivity contribution in [2.24, 2.45) is 10.7 Å². The average molecular weight is 238 g/mol. The summed E-state index contributed by atoms with van der Waals surface area (Å²) in [7, 11) is 1.67. The largest absolute Gasteiger partial charge is 0.382 e. The lowest BCUT2D eigenvalue weighted by Crippen LogP contribution is -2.15. The molecule has 0 aromatic heterocycles. The van der Waals surface area contributed by atoms with Crippen LogP contribution >= 0.6 is 11.8 Å². The van der Waals surface area contributed by atoms with E-state index in [1.54, 1.807) is 18.9 Å². The van der Waals surface area contributed by atoms with E-state index in [-0.39, 0.29) is 6.04 Å². The van der Waals surface area contributed by atoms with Gasteiger partial charge in [0.25, 0.3) is 0 Å². The molecule has 0 spiro atoms. The molecule has 0 aliphatic heterocycles. The first-order valence-corrected chi connectivity index (χ1v) is 6.20. The lowest BCUT2D eigenvalue weighted by atomic mass is 10.2. The first kappa shape index (κ1) is 13.1. The number of nitrogens with two attached hydrogens (primary N) is 1. The molecule has 0 aliphatic rings. The third-order valence-corrected chi connectivity index (χ3v) is 2.86. The highest BCUT2D eigenvalue weighted by atomic mass is 32.2. The van der Waals surface area contributed by atoms with Crippen molar-refractivity contribution in [1.82, 2.24) is 0 Å². The van der Waals surface area contributed by atoms with Gasteiger partial charge < -0.3 is 10.5 Å². The second kappa shape index (κ2) is 7.30. The van der Waals surface area contributed by atoms with Crippen LogP contribution in [0.1, 0.15) is 12.5 Å². The second-order valence-corrected chi connectivity index (χ2v) is 4.54. The van der Waals surface area contributed by atoms with E-state index in [4.69, 9.17) is 10.5 Å². The van der Waals surface area contributed by atoms with E-state index < -0.39 is 0 Å². The Balaban J connectivity index is 2.37. The summed E-state index contributed by atoms with van der Waals surface area (Å²) in [5.74, 6) is 0.857. The smallest absolute Gasteiger partial charge is 0.154 e. The molecule has 0 unspecified atom stereocenters. The lowest BCUT2D eigenvalue weighted by molar-refractivity contribution is 0.186. The maximum absolute atomic E-state index is 5.81. The number of ether oxygens (including phenoxy) is 1. The van der Waals surface area contributed by atoms with Crippen LogP contribution in [-0.2, 0) is 10.5 Å². The zero-order chi connectivity index (χ0) is 11.8. The third-order valence-electron chi connectivity index (χ3n) is 1.99. The van der Waals surface area contributed by atoms with E-state index in [0.29, 0.717) is 11.8 Å². The predicted octanol–water partition coefficient (Wildman–Crippen LogP) is 2.27. The highest BCUT2D eigenvalue weighted by Gasteiger charge is 2.01. The van der Waals surface area contributed by atoms with Gasteiger partial charge in [-0.05, 0) is 12.5 Å². The summed E-state index contributed by atoms with van der Waals surface area (Å²) < 4.78 is 5.00. The van der Waals surface area contributed by atoms with Gasteiger partial charge in [0.15, 0.2) is 5.17 Å². The SMILES string of the molecule is COC[C@H](C)N=C(N)SCc1ccccc1. The van der Waals surface area contributed by atoms with Gasteiger partial charge in [-0.1, -0.05) is 42.1 Å². The summed E-state index contributed by atoms with van der Waals surface area (Å²) in [5, 5.41) is 0.619. The number of methoxy groups -OCH3 is 1. The number of hydrogen-bond acceptors (Lipinski definition) is 3. The molecule has 0 amide bonds. The number of thioether (sulfide) groups is 1. The minimum Gasteiger partial charge on any atom is -0.382 e. The lowest BCUT2D eigenvalue weighted by Gasteiger charge is -2.06. The Morgan fingerprint density at radius 3 is 2.75 bits per heavy atom. The fraction of sp³-hybridized carbons (Fsp3) is 0.417. The molecule has 0 heterocycles. The molecular formula is C12H18N2OS. The molecule has 4 heteroatoms. The van der Waals surface area contributed by atoms with Crippen molar-refractivity contribution in [2.45, 2.75) is 18.7 Å². The van der Waals surface area contributed by atoms with Crippen molar-refractivity contribution in [1.29, 1.82) is 0 Å². The average Bonchev–Trinajstić information content (AvgIpc) is 2.28. The maximum atomic E-state index is 5.81. The van der Waals surface area contributed by atoms with Crippen LogP contribution in [0, 0.1) is 0 Å². The molecule has 1 atom stereocenters. The van der Waals surface area contributed by atoms with Crippen LogP contribution in [0.3, 0.4) is 0 Å². The topological polar surface area (TPSA) is 47.6 Å². The van der Waals surface area contributed by atoms with Gasteiger partial charge in [0.1, 0.15) is 0 Å². The molecule has 88 valence electrons. The molecule has 16 heavy (non-hydrogen) atoms. The fourth-order valence-electron chi connectivity index (χ4n) is 1.26. The number of aliphatic imine (C=N–C) groups is 1. The van der Waals surface area contributed by atoms with E-state index in [2.05, 4.69) is 17.1 Å². The van der Waals surface area contributed by atoms with Crippen LogP contribution < -0.4 is 5.73 Å². The quantitative estimate of drug-likeness (QED) is 0.632. The van der Waals surface area contributed by atoms with Crippen molar-refractivity contribution in [3.8, 4) is 0 Å². The van der Waals surface area contributed by atoms with Gasteiger partial charge in [-0.15, -0.1) is 0 Å². The van der Waals surface area contributed by atoms with Gasteiger partial charge in [-0.25, -0.2) is 0 Å². The standard InChI is InChI=1S/C12H18N2OS/c1-10(8-15-2)14-12(13)16-9-11-6-4-3-5-7-11/h3-7,10H,8-9H2,1-2H3,(H2,13,14)/t10-/m0/s1. The van der Waals surface area contributed by atoms with Gasteiger partial charge >= 0.3 is 0 Å². The Hall–Kier alpha value is -1.00. The third kappa shape index (κ3) is 5.19. The molecule has 1 aromatic rings. The zero-order valence-electron chi connectivity index (χ0n) is 9.72. The minimum atomic E-state index is 0.119. The molecule has 2 N–H and O–H groups in total. The van der Waals surface area contributed by atoms with Crippen molar-refractivity contribution in [3.63, 3.8) is 0 Å². The van der Waals surface area contributed by atoms with Crippen LogP contribution in [0.4, 0.5) is 0 Å². The predicted molar refractivity (Wildman–Crippen MR) is 70.7 cm³/mol. The Morgan fingerprint density at radius 2 is 2.12 bits per heavy atom. The molecule has 0 aliphatic carbocycles. The van der Waals surface area contributed by atoms with Crippen LogP contribution in [0.5, 0.6) is 0 Å². The van der Waals surface area contributed by atoms with Gasteiger partial charge in [-0.3, -0.25) is 4.99 Å². The zero-order valence-corrected chi connectivity index (χ0v) is 10.5. The summed E-state index contributed by atoms with van der Waals surface area (Å²) in [6.45, 7) is 2.59. The number of amidine groups is 1. The van der Waals surface area contributed by atoms with Crippen molar-refractivity contribution < 1.29 is 4.74 Å². The summed E-state index contributed by atoms with van der Waals surface area (Å²) in [6.07, 6.45) is 0. The molecule has 0 radical (unpaired) electrons. The molecule has 0 saturated heterocycles.